The van der Waals surface area contributed by atoms with Crippen LogP contribution in [-0.2, 0) is 17.8 Å². The zero-order valence-corrected chi connectivity index (χ0v) is 18.8. The number of pyridine rings is 1. The zero-order valence-electron chi connectivity index (χ0n) is 18.0. The minimum Gasteiger partial charge on any atom is -0.494 e. The summed E-state index contributed by atoms with van der Waals surface area (Å²) < 4.78 is 6.61. The van der Waals surface area contributed by atoms with Gasteiger partial charge in [0.2, 0.25) is 5.91 Å². The number of anilines is 1. The number of ether oxygens (including phenoxy) is 1. The standard InChI is InChI=1S/C25H25N3O2S/c1-4-30-21-10-11-22-23(15-21)31-25(27-22)28(16-20-7-5-6-12-26-20)24(29)14-19-9-8-17(2)13-18(19)3/h5-13,15H,4,14,16H2,1-3H3. The predicted octanol–water partition coefficient (Wildman–Crippen LogP) is 5.48. The lowest BCUT2D eigenvalue weighted by atomic mass is 10.0. The number of carbonyl (C=O) groups excluding carboxylic acids is 1. The van der Waals surface area contributed by atoms with Crippen molar-refractivity contribution in [2.45, 2.75) is 33.7 Å². The molecule has 0 radical (unpaired) electrons. The molecule has 4 rings (SSSR count). The monoisotopic (exact) mass is 431 g/mol. The predicted molar refractivity (Wildman–Crippen MR) is 126 cm³/mol. The number of aryl methyl sites for hydroxylation is 2. The minimum absolute atomic E-state index is 0.00157. The number of carbonyl (C=O) groups is 1. The molecule has 0 fully saturated rings. The van der Waals surface area contributed by atoms with E-state index in [9.17, 15) is 4.79 Å². The van der Waals surface area contributed by atoms with E-state index in [1.165, 1.54) is 16.9 Å². The van der Waals surface area contributed by atoms with Crippen molar-refractivity contribution >= 4 is 32.6 Å². The van der Waals surface area contributed by atoms with Crippen molar-refractivity contribution in [1.82, 2.24) is 9.97 Å². The Bertz CT molecular complexity index is 1200. The van der Waals surface area contributed by atoms with Crippen molar-refractivity contribution in [2.75, 3.05) is 11.5 Å². The second kappa shape index (κ2) is 9.27. The molecule has 158 valence electrons. The van der Waals surface area contributed by atoms with Gasteiger partial charge in [0, 0.05) is 6.20 Å². The van der Waals surface area contributed by atoms with E-state index >= 15 is 0 Å². The number of hydrogen-bond acceptors (Lipinski definition) is 5. The summed E-state index contributed by atoms with van der Waals surface area (Å²) in [7, 11) is 0. The summed E-state index contributed by atoms with van der Waals surface area (Å²) in [6.45, 7) is 7.05. The average molecular weight is 432 g/mol. The Morgan fingerprint density at radius 3 is 2.71 bits per heavy atom. The maximum atomic E-state index is 13.4. The lowest BCUT2D eigenvalue weighted by Gasteiger charge is -2.20. The van der Waals surface area contributed by atoms with E-state index < -0.39 is 0 Å². The molecule has 0 spiro atoms. The van der Waals surface area contributed by atoms with Crippen LogP contribution in [0.5, 0.6) is 5.75 Å². The van der Waals surface area contributed by atoms with Gasteiger partial charge in [-0.25, -0.2) is 4.98 Å². The van der Waals surface area contributed by atoms with E-state index in [0.717, 1.165) is 32.8 Å². The van der Waals surface area contributed by atoms with Crippen LogP contribution in [0.2, 0.25) is 0 Å². The molecule has 0 aliphatic carbocycles. The third-order valence-electron chi connectivity index (χ3n) is 5.08. The smallest absolute Gasteiger partial charge is 0.233 e. The topological polar surface area (TPSA) is 55.3 Å². The van der Waals surface area contributed by atoms with E-state index in [0.29, 0.717) is 24.7 Å². The molecule has 0 aliphatic rings. The zero-order chi connectivity index (χ0) is 21.8. The minimum atomic E-state index is 0.00157. The average Bonchev–Trinajstić information content (AvgIpc) is 3.18. The molecule has 0 N–H and O–H groups in total. The highest BCUT2D eigenvalue weighted by Crippen LogP contribution is 2.32. The maximum Gasteiger partial charge on any atom is 0.233 e. The molecule has 0 saturated heterocycles. The molecule has 2 heterocycles. The normalized spacial score (nSPS) is 10.9. The lowest BCUT2D eigenvalue weighted by Crippen LogP contribution is -2.32. The van der Waals surface area contributed by atoms with Crippen molar-refractivity contribution in [2.24, 2.45) is 0 Å². The molecule has 2 aromatic heterocycles. The molecule has 6 heteroatoms. The Hall–Kier alpha value is -3.25. The third kappa shape index (κ3) is 4.91. The van der Waals surface area contributed by atoms with Gasteiger partial charge in [0.1, 0.15) is 5.75 Å². The quantitative estimate of drug-likeness (QED) is 0.389. The van der Waals surface area contributed by atoms with Crippen molar-refractivity contribution in [3.05, 3.63) is 83.2 Å². The first-order chi connectivity index (χ1) is 15.0. The molecule has 5 nitrogen and oxygen atoms in total. The van der Waals surface area contributed by atoms with Crippen LogP contribution in [0.4, 0.5) is 5.13 Å². The number of nitrogens with zero attached hydrogens (tertiary/aromatic N) is 3. The number of benzene rings is 2. The summed E-state index contributed by atoms with van der Waals surface area (Å²) in [6.07, 6.45) is 2.06. The molecule has 2 aromatic carbocycles. The Labute approximate surface area is 186 Å². The van der Waals surface area contributed by atoms with Crippen LogP contribution in [0.15, 0.2) is 60.8 Å². The number of fused-ring (bicyclic) bond motifs is 1. The van der Waals surface area contributed by atoms with Crippen LogP contribution >= 0.6 is 11.3 Å². The fourth-order valence-electron chi connectivity index (χ4n) is 3.48. The van der Waals surface area contributed by atoms with Gasteiger partial charge < -0.3 is 4.74 Å². The van der Waals surface area contributed by atoms with Crippen LogP contribution in [0.3, 0.4) is 0 Å². The Kier molecular flexibility index (Phi) is 6.28. The Balaban J connectivity index is 1.68. The van der Waals surface area contributed by atoms with Gasteiger partial charge in [0.25, 0.3) is 0 Å². The van der Waals surface area contributed by atoms with Gasteiger partial charge in [-0.3, -0.25) is 14.7 Å². The van der Waals surface area contributed by atoms with E-state index in [1.807, 2.05) is 62.4 Å². The first-order valence-electron chi connectivity index (χ1n) is 10.3. The molecule has 0 aliphatic heterocycles. The summed E-state index contributed by atoms with van der Waals surface area (Å²) in [5.74, 6) is 0.810. The van der Waals surface area contributed by atoms with Crippen LogP contribution < -0.4 is 9.64 Å². The van der Waals surface area contributed by atoms with Crippen molar-refractivity contribution < 1.29 is 9.53 Å². The van der Waals surface area contributed by atoms with E-state index in [1.54, 1.807) is 11.1 Å². The molecule has 31 heavy (non-hydrogen) atoms. The number of rotatable bonds is 7. The van der Waals surface area contributed by atoms with Crippen LogP contribution in [0.1, 0.15) is 29.3 Å². The van der Waals surface area contributed by atoms with Crippen molar-refractivity contribution in [1.29, 1.82) is 0 Å². The van der Waals surface area contributed by atoms with E-state index in [2.05, 4.69) is 18.0 Å². The summed E-state index contributed by atoms with van der Waals surface area (Å²) in [4.78, 5) is 24.4. The van der Waals surface area contributed by atoms with Gasteiger partial charge in [-0.15, -0.1) is 0 Å². The lowest BCUT2D eigenvalue weighted by molar-refractivity contribution is -0.118. The van der Waals surface area contributed by atoms with E-state index in [-0.39, 0.29) is 5.91 Å². The van der Waals surface area contributed by atoms with E-state index in [4.69, 9.17) is 9.72 Å². The van der Waals surface area contributed by atoms with Crippen molar-refractivity contribution in [3.8, 4) is 5.75 Å². The SMILES string of the molecule is CCOc1ccc2nc(N(Cc3ccccn3)C(=O)Cc3ccc(C)cc3C)sc2c1. The second-order valence-corrected chi connectivity index (χ2v) is 8.48. The highest BCUT2D eigenvalue weighted by atomic mass is 32.1. The molecule has 0 atom stereocenters. The van der Waals surface area contributed by atoms with Crippen LogP contribution in [0, 0.1) is 13.8 Å². The largest absolute Gasteiger partial charge is 0.494 e. The summed E-state index contributed by atoms with van der Waals surface area (Å²) in [5.41, 5.74) is 5.02. The second-order valence-electron chi connectivity index (χ2n) is 7.47. The number of amides is 1. The number of aromatic nitrogens is 2. The first-order valence-corrected chi connectivity index (χ1v) is 11.1. The molecule has 4 aromatic rings. The number of hydrogen-bond donors (Lipinski definition) is 0. The summed E-state index contributed by atoms with van der Waals surface area (Å²) in [5, 5.41) is 0.670. The van der Waals surface area contributed by atoms with Gasteiger partial charge >= 0.3 is 0 Å². The van der Waals surface area contributed by atoms with Gasteiger partial charge in [0.05, 0.1) is 35.5 Å². The molecule has 0 saturated carbocycles. The highest BCUT2D eigenvalue weighted by molar-refractivity contribution is 7.22. The van der Waals surface area contributed by atoms with Gasteiger partial charge in [-0.05, 0) is 62.2 Å². The third-order valence-corrected chi connectivity index (χ3v) is 6.12. The van der Waals surface area contributed by atoms with Gasteiger partial charge in [-0.1, -0.05) is 41.2 Å². The fourth-order valence-corrected chi connectivity index (χ4v) is 4.49. The molecule has 0 unspecified atom stereocenters. The molecular weight excluding hydrogens is 406 g/mol. The van der Waals surface area contributed by atoms with Gasteiger partial charge in [-0.2, -0.15) is 0 Å². The Morgan fingerprint density at radius 1 is 1.10 bits per heavy atom. The number of thiazole rings is 1. The summed E-state index contributed by atoms with van der Waals surface area (Å²) >= 11 is 1.50. The van der Waals surface area contributed by atoms with Crippen molar-refractivity contribution in [3.63, 3.8) is 0 Å². The highest BCUT2D eigenvalue weighted by Gasteiger charge is 2.22. The molecule has 0 bridgehead atoms. The first kappa shape index (κ1) is 21.0. The molecular formula is C25H25N3O2S. The maximum absolute atomic E-state index is 13.4. The Morgan fingerprint density at radius 2 is 1.97 bits per heavy atom. The van der Waals surface area contributed by atoms with Gasteiger partial charge in [0.15, 0.2) is 5.13 Å². The molecule has 1 amide bonds. The van der Waals surface area contributed by atoms with Crippen LogP contribution in [0.25, 0.3) is 10.2 Å². The van der Waals surface area contributed by atoms with Crippen LogP contribution in [-0.4, -0.2) is 22.5 Å². The summed E-state index contributed by atoms with van der Waals surface area (Å²) in [6, 6.07) is 17.8. The fraction of sp³-hybridized carbons (Fsp3) is 0.240.